The Bertz CT molecular complexity index is 664. The molecule has 0 N–H and O–H groups in total. The predicted molar refractivity (Wildman–Crippen MR) is 99.7 cm³/mol. The number of hydrogen-bond acceptors (Lipinski definition) is 5. The average Bonchev–Trinajstić information content (AvgIpc) is 2.70. The second kappa shape index (κ2) is 7.93. The minimum atomic E-state index is 0.706. The first-order chi connectivity index (χ1) is 12.4. The van der Waals surface area contributed by atoms with Crippen molar-refractivity contribution in [2.45, 2.75) is 12.8 Å². The molecule has 0 radical (unpaired) electrons. The van der Waals surface area contributed by atoms with Crippen molar-refractivity contribution < 1.29 is 4.74 Å². The number of ether oxygens (including phenoxy) is 1. The lowest BCUT2D eigenvalue weighted by atomic mass is 10.0. The Morgan fingerprint density at radius 2 is 1.88 bits per heavy atom. The zero-order valence-electron chi connectivity index (χ0n) is 14.7. The first-order valence-electron chi connectivity index (χ1n) is 9.32. The van der Waals surface area contributed by atoms with Gasteiger partial charge in [0, 0.05) is 51.1 Å². The lowest BCUT2D eigenvalue weighted by Crippen LogP contribution is -2.49. The Morgan fingerprint density at radius 3 is 2.64 bits per heavy atom. The van der Waals surface area contributed by atoms with Gasteiger partial charge in [0.15, 0.2) is 0 Å². The van der Waals surface area contributed by atoms with Crippen LogP contribution in [0.5, 0.6) is 0 Å². The van der Waals surface area contributed by atoms with E-state index in [4.69, 9.17) is 9.72 Å². The molecule has 1 atom stereocenters. The molecule has 1 aromatic heterocycles. The van der Waals surface area contributed by atoms with Gasteiger partial charge in [-0.2, -0.15) is 0 Å². The van der Waals surface area contributed by atoms with Gasteiger partial charge < -0.3 is 9.64 Å². The normalized spacial score (nSPS) is 22.1. The number of benzene rings is 1. The van der Waals surface area contributed by atoms with Crippen LogP contribution in [-0.2, 0) is 4.74 Å². The van der Waals surface area contributed by atoms with Crippen molar-refractivity contribution >= 4 is 5.95 Å². The lowest BCUT2D eigenvalue weighted by molar-refractivity contribution is 0.0376. The van der Waals surface area contributed by atoms with Gasteiger partial charge in [-0.15, -0.1) is 0 Å². The largest absolute Gasteiger partial charge is 0.381 e. The maximum absolute atomic E-state index is 5.61. The maximum atomic E-state index is 5.61. The van der Waals surface area contributed by atoms with E-state index in [9.17, 15) is 0 Å². The van der Waals surface area contributed by atoms with Crippen LogP contribution in [0.25, 0.3) is 11.3 Å². The number of rotatable bonds is 4. The van der Waals surface area contributed by atoms with Crippen molar-refractivity contribution in [2.75, 3.05) is 50.8 Å². The van der Waals surface area contributed by atoms with Crippen molar-refractivity contribution in [3.8, 4) is 11.3 Å². The van der Waals surface area contributed by atoms with Crippen molar-refractivity contribution in [3.63, 3.8) is 0 Å². The molecule has 2 aliphatic rings. The van der Waals surface area contributed by atoms with Crippen LogP contribution in [0.4, 0.5) is 5.95 Å². The summed E-state index contributed by atoms with van der Waals surface area (Å²) in [5.41, 5.74) is 2.13. The van der Waals surface area contributed by atoms with Gasteiger partial charge in [-0.3, -0.25) is 4.90 Å². The molecule has 132 valence electrons. The summed E-state index contributed by atoms with van der Waals surface area (Å²) < 4.78 is 5.61. The van der Waals surface area contributed by atoms with Crippen molar-refractivity contribution in [3.05, 3.63) is 42.6 Å². The van der Waals surface area contributed by atoms with Gasteiger partial charge in [0.1, 0.15) is 0 Å². The van der Waals surface area contributed by atoms with Gasteiger partial charge >= 0.3 is 0 Å². The average molecular weight is 338 g/mol. The molecule has 5 nitrogen and oxygen atoms in total. The standard InChI is InChI=1S/C20H26N4O/c1-2-6-18(7-3-1)19-8-9-21-20(22-19)24-12-10-23(11-13-24)15-17-5-4-14-25-16-17/h1-3,6-9,17H,4-5,10-16H2/t17-/m0/s1. The van der Waals surface area contributed by atoms with Crippen molar-refractivity contribution in [1.82, 2.24) is 14.9 Å². The third-order valence-electron chi connectivity index (χ3n) is 5.14. The lowest BCUT2D eigenvalue weighted by Gasteiger charge is -2.37. The van der Waals surface area contributed by atoms with Crippen LogP contribution in [0.1, 0.15) is 12.8 Å². The molecule has 0 amide bonds. The van der Waals surface area contributed by atoms with E-state index < -0.39 is 0 Å². The van der Waals surface area contributed by atoms with Crippen LogP contribution < -0.4 is 4.90 Å². The van der Waals surface area contributed by atoms with Crippen LogP contribution in [0.2, 0.25) is 0 Å². The topological polar surface area (TPSA) is 41.5 Å². The summed E-state index contributed by atoms with van der Waals surface area (Å²) in [6, 6.07) is 12.3. The molecular formula is C20H26N4O. The minimum Gasteiger partial charge on any atom is -0.381 e. The monoisotopic (exact) mass is 338 g/mol. The smallest absolute Gasteiger partial charge is 0.225 e. The number of nitrogens with zero attached hydrogens (tertiary/aromatic N) is 4. The quantitative estimate of drug-likeness (QED) is 0.857. The Labute approximate surface area is 149 Å². The third kappa shape index (κ3) is 4.17. The molecule has 25 heavy (non-hydrogen) atoms. The molecule has 0 unspecified atom stereocenters. The molecule has 2 aliphatic heterocycles. The fraction of sp³-hybridized carbons (Fsp3) is 0.500. The first kappa shape index (κ1) is 16.5. The van der Waals surface area contributed by atoms with E-state index in [0.29, 0.717) is 5.92 Å². The predicted octanol–water partition coefficient (Wildman–Crippen LogP) is 2.69. The molecular weight excluding hydrogens is 312 g/mol. The Balaban J connectivity index is 1.36. The van der Waals surface area contributed by atoms with Crippen LogP contribution >= 0.6 is 0 Å². The molecule has 2 aromatic rings. The van der Waals surface area contributed by atoms with Gasteiger partial charge in [-0.1, -0.05) is 30.3 Å². The second-order valence-corrected chi connectivity index (χ2v) is 6.98. The highest BCUT2D eigenvalue weighted by Gasteiger charge is 2.23. The second-order valence-electron chi connectivity index (χ2n) is 6.98. The molecule has 0 spiro atoms. The van der Waals surface area contributed by atoms with E-state index in [1.54, 1.807) is 0 Å². The summed E-state index contributed by atoms with van der Waals surface area (Å²) in [6.45, 7) is 7.18. The van der Waals surface area contributed by atoms with Gasteiger partial charge in [0.2, 0.25) is 5.95 Å². The number of piperazine rings is 1. The van der Waals surface area contributed by atoms with Crippen molar-refractivity contribution in [1.29, 1.82) is 0 Å². The summed E-state index contributed by atoms with van der Waals surface area (Å²) >= 11 is 0. The Morgan fingerprint density at radius 1 is 1.04 bits per heavy atom. The molecule has 0 aliphatic carbocycles. The fourth-order valence-electron chi connectivity index (χ4n) is 3.72. The molecule has 0 bridgehead atoms. The minimum absolute atomic E-state index is 0.706. The summed E-state index contributed by atoms with van der Waals surface area (Å²) in [7, 11) is 0. The zero-order chi connectivity index (χ0) is 16.9. The van der Waals surface area contributed by atoms with E-state index in [-0.39, 0.29) is 0 Å². The van der Waals surface area contributed by atoms with Gasteiger partial charge in [0.25, 0.3) is 0 Å². The summed E-state index contributed by atoms with van der Waals surface area (Å²) in [4.78, 5) is 14.2. The highest BCUT2D eigenvalue weighted by atomic mass is 16.5. The molecule has 0 saturated carbocycles. The van der Waals surface area contributed by atoms with Gasteiger partial charge in [-0.25, -0.2) is 9.97 Å². The molecule has 1 aromatic carbocycles. The molecule has 5 heteroatoms. The number of hydrogen-bond donors (Lipinski definition) is 0. The summed E-state index contributed by atoms with van der Waals surface area (Å²) in [5, 5.41) is 0. The van der Waals surface area contributed by atoms with Crippen molar-refractivity contribution in [2.24, 2.45) is 5.92 Å². The van der Waals surface area contributed by atoms with E-state index in [2.05, 4.69) is 26.9 Å². The molecule has 2 fully saturated rings. The zero-order valence-corrected chi connectivity index (χ0v) is 14.7. The first-order valence-corrected chi connectivity index (χ1v) is 9.32. The molecule has 3 heterocycles. The maximum Gasteiger partial charge on any atom is 0.225 e. The van der Waals surface area contributed by atoms with E-state index in [1.807, 2.05) is 30.5 Å². The van der Waals surface area contributed by atoms with Crippen LogP contribution in [0.3, 0.4) is 0 Å². The summed E-state index contributed by atoms with van der Waals surface area (Å²) in [5.74, 6) is 1.56. The molecule has 4 rings (SSSR count). The van der Waals surface area contributed by atoms with E-state index in [1.165, 1.54) is 19.4 Å². The number of aromatic nitrogens is 2. The van der Waals surface area contributed by atoms with E-state index in [0.717, 1.165) is 56.6 Å². The van der Waals surface area contributed by atoms with Gasteiger partial charge in [0.05, 0.1) is 12.3 Å². The Hall–Kier alpha value is -1.98. The highest BCUT2D eigenvalue weighted by molar-refractivity contribution is 5.59. The SMILES string of the molecule is c1ccc(-c2ccnc(N3CCN(C[C@@H]4CCCOC4)CC3)n2)cc1. The van der Waals surface area contributed by atoms with Gasteiger partial charge in [-0.05, 0) is 24.8 Å². The molecule has 2 saturated heterocycles. The number of anilines is 1. The fourth-order valence-corrected chi connectivity index (χ4v) is 3.72. The van der Waals surface area contributed by atoms with Crippen LogP contribution in [0.15, 0.2) is 42.6 Å². The van der Waals surface area contributed by atoms with Crippen LogP contribution in [-0.4, -0.2) is 60.8 Å². The highest BCUT2D eigenvalue weighted by Crippen LogP contribution is 2.20. The Kier molecular flexibility index (Phi) is 5.23. The van der Waals surface area contributed by atoms with Crippen LogP contribution in [0, 0.1) is 5.92 Å². The van der Waals surface area contributed by atoms with E-state index >= 15 is 0 Å². The summed E-state index contributed by atoms with van der Waals surface area (Å²) in [6.07, 6.45) is 4.39. The third-order valence-corrected chi connectivity index (χ3v) is 5.14.